The first-order chi connectivity index (χ1) is 13.2. The fraction of sp³-hybridized carbons (Fsp3) is 0.571. The van der Waals surface area contributed by atoms with Crippen LogP contribution in [0.5, 0.6) is 0 Å². The van der Waals surface area contributed by atoms with Crippen molar-refractivity contribution in [3.63, 3.8) is 0 Å². The van der Waals surface area contributed by atoms with E-state index in [1.807, 2.05) is 39.8 Å². The van der Waals surface area contributed by atoms with E-state index >= 15 is 0 Å². The number of hydrogen-bond acceptors (Lipinski definition) is 3. The lowest BCUT2D eigenvalue weighted by Gasteiger charge is -2.21. The lowest BCUT2D eigenvalue weighted by Crippen LogP contribution is -2.45. The molecule has 0 aliphatic heterocycles. The van der Waals surface area contributed by atoms with Crippen molar-refractivity contribution in [3.05, 3.63) is 34.4 Å². The molecular formula is C21H34N4O3. The maximum atomic E-state index is 12.6. The van der Waals surface area contributed by atoms with Crippen LogP contribution < -0.4 is 16.4 Å². The first-order valence-corrected chi connectivity index (χ1v) is 9.75. The summed E-state index contributed by atoms with van der Waals surface area (Å²) < 4.78 is 0. The molecule has 0 saturated heterocycles. The topological polar surface area (TPSA) is 117 Å². The van der Waals surface area contributed by atoms with Gasteiger partial charge < -0.3 is 21.5 Å². The molecule has 1 amide bonds. The standard InChI is InChI=1S/C21H34N4O3/c1-6-16(8-7-9-24-21(22)23-5)19(26)25-18(20(27)28)12-17-14(3)10-13(2)11-15(17)4/h10-11,16,18H,6-9,12H2,1-5H3,(H,25,26)(H,27,28)(H3,22,23,24)/t16-,18+/m1/s1. The summed E-state index contributed by atoms with van der Waals surface area (Å²) in [7, 11) is 1.61. The highest BCUT2D eigenvalue weighted by Gasteiger charge is 2.25. The van der Waals surface area contributed by atoms with Crippen molar-refractivity contribution < 1.29 is 14.7 Å². The molecule has 0 bridgehead atoms. The highest BCUT2D eigenvalue weighted by Crippen LogP contribution is 2.19. The number of carbonyl (C=O) groups excluding carboxylic acids is 1. The second-order valence-corrected chi connectivity index (χ2v) is 7.26. The van der Waals surface area contributed by atoms with Crippen molar-refractivity contribution in [2.24, 2.45) is 16.6 Å². The molecule has 0 radical (unpaired) electrons. The molecule has 0 fully saturated rings. The van der Waals surface area contributed by atoms with Crippen LogP contribution in [0.1, 0.15) is 48.4 Å². The molecule has 1 rings (SSSR count). The van der Waals surface area contributed by atoms with Gasteiger partial charge in [0.1, 0.15) is 6.04 Å². The average molecular weight is 391 g/mol. The van der Waals surface area contributed by atoms with Gasteiger partial charge in [0, 0.05) is 25.9 Å². The van der Waals surface area contributed by atoms with E-state index in [1.165, 1.54) is 0 Å². The number of hydrogen-bond donors (Lipinski definition) is 4. The first-order valence-electron chi connectivity index (χ1n) is 9.75. The van der Waals surface area contributed by atoms with Gasteiger partial charge in [0.25, 0.3) is 0 Å². The van der Waals surface area contributed by atoms with E-state index in [9.17, 15) is 14.7 Å². The maximum Gasteiger partial charge on any atom is 0.326 e. The number of aliphatic carboxylic acids is 1. The Bertz CT molecular complexity index is 693. The summed E-state index contributed by atoms with van der Waals surface area (Å²) in [6, 6.07) is 3.13. The normalized spacial score (nSPS) is 13.7. The van der Waals surface area contributed by atoms with Crippen LogP contribution in [0, 0.1) is 26.7 Å². The van der Waals surface area contributed by atoms with Gasteiger partial charge >= 0.3 is 5.97 Å². The van der Waals surface area contributed by atoms with Crippen LogP contribution >= 0.6 is 0 Å². The Balaban J connectivity index is 2.74. The van der Waals surface area contributed by atoms with Gasteiger partial charge in [-0.25, -0.2) is 4.79 Å². The largest absolute Gasteiger partial charge is 0.480 e. The molecule has 1 aromatic rings. The Morgan fingerprint density at radius 3 is 2.32 bits per heavy atom. The van der Waals surface area contributed by atoms with Crippen molar-refractivity contribution in [1.82, 2.24) is 10.6 Å². The Hall–Kier alpha value is -2.57. The molecule has 1 aromatic carbocycles. The zero-order valence-corrected chi connectivity index (χ0v) is 17.6. The summed E-state index contributed by atoms with van der Waals surface area (Å²) in [6.07, 6.45) is 2.33. The molecule has 7 heteroatoms. The van der Waals surface area contributed by atoms with Crippen molar-refractivity contribution in [1.29, 1.82) is 0 Å². The Kier molecular flexibility index (Phi) is 9.48. The minimum Gasteiger partial charge on any atom is -0.480 e. The number of carbonyl (C=O) groups is 2. The van der Waals surface area contributed by atoms with Crippen LogP contribution in [-0.4, -0.2) is 42.6 Å². The van der Waals surface area contributed by atoms with Gasteiger partial charge in [-0.05, 0) is 56.7 Å². The lowest BCUT2D eigenvalue weighted by atomic mass is 9.93. The van der Waals surface area contributed by atoms with Gasteiger partial charge in [-0.2, -0.15) is 0 Å². The summed E-state index contributed by atoms with van der Waals surface area (Å²) in [5.74, 6) is -1.10. The highest BCUT2D eigenvalue weighted by atomic mass is 16.4. The molecule has 0 aliphatic rings. The molecule has 2 atom stereocenters. The lowest BCUT2D eigenvalue weighted by molar-refractivity contribution is -0.142. The van der Waals surface area contributed by atoms with E-state index in [1.54, 1.807) is 7.05 Å². The Labute approximate surface area is 167 Å². The molecular weight excluding hydrogens is 356 g/mol. The summed E-state index contributed by atoms with van der Waals surface area (Å²) in [5.41, 5.74) is 9.80. The summed E-state index contributed by atoms with van der Waals surface area (Å²) in [5, 5.41) is 15.3. The Morgan fingerprint density at radius 1 is 1.21 bits per heavy atom. The van der Waals surface area contributed by atoms with Gasteiger partial charge in [0.15, 0.2) is 5.96 Å². The molecule has 0 unspecified atom stereocenters. The molecule has 0 aliphatic carbocycles. The fourth-order valence-electron chi connectivity index (χ4n) is 3.39. The molecule has 0 aromatic heterocycles. The number of aryl methyl sites for hydroxylation is 3. The number of benzene rings is 1. The third kappa shape index (κ3) is 7.21. The molecule has 28 heavy (non-hydrogen) atoms. The number of guanidine groups is 1. The number of aliphatic imine (C=N–C) groups is 1. The van der Waals surface area contributed by atoms with Crippen LogP contribution in [0.3, 0.4) is 0 Å². The number of carboxylic acid groups (broad SMARTS) is 1. The molecule has 156 valence electrons. The second-order valence-electron chi connectivity index (χ2n) is 7.26. The number of nitrogens with one attached hydrogen (secondary N) is 2. The smallest absolute Gasteiger partial charge is 0.326 e. The van der Waals surface area contributed by atoms with Crippen LogP contribution in [0.2, 0.25) is 0 Å². The highest BCUT2D eigenvalue weighted by molar-refractivity contribution is 5.85. The quantitative estimate of drug-likeness (QED) is 0.277. The molecule has 5 N–H and O–H groups in total. The number of amides is 1. The van der Waals surface area contributed by atoms with Crippen molar-refractivity contribution >= 4 is 17.8 Å². The van der Waals surface area contributed by atoms with Crippen LogP contribution in [0.15, 0.2) is 17.1 Å². The van der Waals surface area contributed by atoms with Crippen LogP contribution in [0.4, 0.5) is 0 Å². The second kappa shape index (κ2) is 11.3. The summed E-state index contributed by atoms with van der Waals surface area (Å²) in [4.78, 5) is 28.2. The summed E-state index contributed by atoms with van der Waals surface area (Å²) >= 11 is 0. The van der Waals surface area contributed by atoms with Gasteiger partial charge in [-0.1, -0.05) is 24.6 Å². The fourth-order valence-corrected chi connectivity index (χ4v) is 3.39. The third-order valence-corrected chi connectivity index (χ3v) is 5.00. The van der Waals surface area contributed by atoms with Gasteiger partial charge in [-0.15, -0.1) is 0 Å². The molecule has 0 spiro atoms. The van der Waals surface area contributed by atoms with Crippen LogP contribution in [0.25, 0.3) is 0 Å². The van der Waals surface area contributed by atoms with E-state index in [0.29, 0.717) is 25.3 Å². The van der Waals surface area contributed by atoms with Crippen molar-refractivity contribution in [2.45, 2.75) is 59.4 Å². The maximum absolute atomic E-state index is 12.6. The molecule has 0 saturated carbocycles. The van der Waals surface area contributed by atoms with E-state index in [0.717, 1.165) is 28.7 Å². The minimum atomic E-state index is -1.02. The van der Waals surface area contributed by atoms with Gasteiger partial charge in [0.05, 0.1) is 0 Å². The van der Waals surface area contributed by atoms with E-state index < -0.39 is 12.0 Å². The zero-order valence-electron chi connectivity index (χ0n) is 17.6. The average Bonchev–Trinajstić information content (AvgIpc) is 2.62. The number of nitrogens with two attached hydrogens (primary N) is 1. The number of rotatable bonds is 10. The van der Waals surface area contributed by atoms with Crippen molar-refractivity contribution in [3.8, 4) is 0 Å². The minimum absolute atomic E-state index is 0.213. The first kappa shape index (κ1) is 23.5. The number of carboxylic acids is 1. The molecule has 0 heterocycles. The van der Waals surface area contributed by atoms with E-state index in [-0.39, 0.29) is 18.2 Å². The predicted octanol–water partition coefficient (Wildman–Crippen LogP) is 2.06. The predicted molar refractivity (Wildman–Crippen MR) is 112 cm³/mol. The SMILES string of the molecule is CC[C@H](CCCNC(N)=NC)C(=O)N[C@@H](Cc1c(C)cc(C)cc1C)C(=O)O. The monoisotopic (exact) mass is 390 g/mol. The van der Waals surface area contributed by atoms with E-state index in [4.69, 9.17) is 5.73 Å². The van der Waals surface area contributed by atoms with Crippen molar-refractivity contribution in [2.75, 3.05) is 13.6 Å². The van der Waals surface area contributed by atoms with E-state index in [2.05, 4.69) is 15.6 Å². The Morgan fingerprint density at radius 2 is 1.82 bits per heavy atom. The zero-order chi connectivity index (χ0) is 21.3. The molecule has 7 nitrogen and oxygen atoms in total. The van der Waals surface area contributed by atoms with Crippen LogP contribution in [-0.2, 0) is 16.0 Å². The van der Waals surface area contributed by atoms with Gasteiger partial charge in [-0.3, -0.25) is 9.79 Å². The number of nitrogens with zero attached hydrogens (tertiary/aromatic N) is 1. The third-order valence-electron chi connectivity index (χ3n) is 5.00. The van der Waals surface area contributed by atoms with Gasteiger partial charge in [0.2, 0.25) is 5.91 Å². The summed E-state index contributed by atoms with van der Waals surface area (Å²) in [6.45, 7) is 8.52.